The topological polar surface area (TPSA) is 48.3 Å². The molecule has 0 spiro atoms. The van der Waals surface area contributed by atoms with Gasteiger partial charge in [0.2, 0.25) is 0 Å². The Morgan fingerprint density at radius 3 is 2.71 bits per heavy atom. The van der Waals surface area contributed by atoms with Crippen molar-refractivity contribution in [3.05, 3.63) is 83.1 Å². The van der Waals surface area contributed by atoms with Gasteiger partial charge < -0.3 is 10.1 Å². The molecule has 2 aromatic carbocycles. The number of allylic oxidation sites excluding steroid dienone is 2. The minimum atomic E-state index is -0.508. The van der Waals surface area contributed by atoms with Crippen molar-refractivity contribution >= 4 is 23.0 Å². The Morgan fingerprint density at radius 1 is 1.21 bits per heavy atom. The summed E-state index contributed by atoms with van der Waals surface area (Å²) in [7, 11) is 0. The number of nitrogens with one attached hydrogen (secondary N) is 1. The van der Waals surface area contributed by atoms with Gasteiger partial charge in [0.05, 0.1) is 10.7 Å². The number of benzene rings is 2. The van der Waals surface area contributed by atoms with Gasteiger partial charge in [-0.15, -0.1) is 0 Å². The molecule has 0 saturated heterocycles. The minimum Gasteiger partial charge on any atom is -0.470 e. The number of hydrogen-bond donors (Lipinski definition) is 1. The molecule has 0 saturated carbocycles. The summed E-state index contributed by atoms with van der Waals surface area (Å²) < 4.78 is 19.6. The molecule has 120 valence electrons. The highest BCUT2D eigenvalue weighted by Crippen LogP contribution is 2.35. The maximum Gasteiger partial charge on any atom is 0.166 e. The fraction of sp³-hybridized carbons (Fsp3) is 0.0556. The van der Waals surface area contributed by atoms with Gasteiger partial charge in [0, 0.05) is 11.9 Å². The highest BCUT2D eigenvalue weighted by molar-refractivity contribution is 6.33. The van der Waals surface area contributed by atoms with Crippen molar-refractivity contribution in [3.8, 4) is 6.07 Å². The second-order valence-electron chi connectivity index (χ2n) is 4.94. The molecule has 0 aromatic heterocycles. The Balaban J connectivity index is 1.84. The number of anilines is 2. The van der Waals surface area contributed by atoms with E-state index >= 15 is 0 Å². The average Bonchev–Trinajstić information content (AvgIpc) is 2.98. The Morgan fingerprint density at radius 2 is 2.00 bits per heavy atom. The van der Waals surface area contributed by atoms with Crippen LogP contribution in [-0.4, -0.2) is 6.73 Å². The van der Waals surface area contributed by atoms with Crippen LogP contribution in [0.1, 0.15) is 0 Å². The van der Waals surface area contributed by atoms with E-state index in [4.69, 9.17) is 16.3 Å². The summed E-state index contributed by atoms with van der Waals surface area (Å²) in [6.45, 7) is 0.0224. The van der Waals surface area contributed by atoms with E-state index in [1.807, 2.05) is 36.4 Å². The zero-order chi connectivity index (χ0) is 16.9. The predicted octanol–water partition coefficient (Wildman–Crippen LogP) is 4.63. The van der Waals surface area contributed by atoms with E-state index in [1.54, 1.807) is 18.3 Å². The van der Waals surface area contributed by atoms with Gasteiger partial charge in [-0.2, -0.15) is 5.26 Å². The van der Waals surface area contributed by atoms with Crippen LogP contribution in [0.5, 0.6) is 0 Å². The Hall–Kier alpha value is -2.97. The first-order valence-electron chi connectivity index (χ1n) is 7.17. The molecule has 1 aliphatic rings. The molecule has 0 atom stereocenters. The second kappa shape index (κ2) is 7.07. The SMILES string of the molecule is N#CC1=C(/C=C/Nc2ccccc2)OCN1c1c(F)cccc1Cl. The van der Waals surface area contributed by atoms with Crippen LogP contribution in [0, 0.1) is 17.1 Å². The molecule has 1 N–H and O–H groups in total. The van der Waals surface area contributed by atoms with Gasteiger partial charge in [-0.1, -0.05) is 35.9 Å². The second-order valence-corrected chi connectivity index (χ2v) is 5.35. The van der Waals surface area contributed by atoms with Gasteiger partial charge in [-0.05, 0) is 30.3 Å². The van der Waals surface area contributed by atoms with E-state index < -0.39 is 5.82 Å². The van der Waals surface area contributed by atoms with Gasteiger partial charge in [0.15, 0.2) is 18.2 Å². The Kier molecular flexibility index (Phi) is 4.69. The first-order chi connectivity index (χ1) is 11.7. The van der Waals surface area contributed by atoms with Crippen LogP contribution in [0.15, 0.2) is 72.3 Å². The van der Waals surface area contributed by atoms with Gasteiger partial charge >= 0.3 is 0 Å². The number of rotatable bonds is 4. The van der Waals surface area contributed by atoms with Crippen molar-refractivity contribution in [2.24, 2.45) is 0 Å². The van der Waals surface area contributed by atoms with Crippen LogP contribution >= 0.6 is 11.6 Å². The number of ether oxygens (including phenoxy) is 1. The van der Waals surface area contributed by atoms with Gasteiger partial charge in [-0.3, -0.25) is 4.90 Å². The number of nitrogens with zero attached hydrogens (tertiary/aromatic N) is 2. The molecule has 4 nitrogen and oxygen atoms in total. The third-order valence-electron chi connectivity index (χ3n) is 3.42. The van der Waals surface area contributed by atoms with Crippen LogP contribution in [-0.2, 0) is 4.74 Å². The molecular formula is C18H13ClFN3O. The van der Waals surface area contributed by atoms with E-state index in [9.17, 15) is 9.65 Å². The zero-order valence-electron chi connectivity index (χ0n) is 12.5. The molecule has 6 heteroatoms. The molecule has 0 fully saturated rings. The molecular weight excluding hydrogens is 329 g/mol. The van der Waals surface area contributed by atoms with Gasteiger partial charge in [0.1, 0.15) is 11.9 Å². The summed E-state index contributed by atoms with van der Waals surface area (Å²) >= 11 is 6.06. The predicted molar refractivity (Wildman–Crippen MR) is 91.7 cm³/mol. The van der Waals surface area contributed by atoms with Gasteiger partial charge in [0.25, 0.3) is 0 Å². The van der Waals surface area contributed by atoms with Crippen molar-refractivity contribution in [2.75, 3.05) is 16.9 Å². The zero-order valence-corrected chi connectivity index (χ0v) is 13.3. The molecule has 1 heterocycles. The fourth-order valence-electron chi connectivity index (χ4n) is 2.31. The highest BCUT2D eigenvalue weighted by Gasteiger charge is 2.27. The number of halogens is 2. The van der Waals surface area contributed by atoms with Crippen LogP contribution in [0.25, 0.3) is 0 Å². The summed E-state index contributed by atoms with van der Waals surface area (Å²) in [6.07, 6.45) is 3.29. The summed E-state index contributed by atoms with van der Waals surface area (Å²) in [5.74, 6) is -0.160. The lowest BCUT2D eigenvalue weighted by atomic mass is 10.2. The number of para-hydroxylation sites is 2. The van der Waals surface area contributed by atoms with Crippen molar-refractivity contribution in [3.63, 3.8) is 0 Å². The minimum absolute atomic E-state index is 0.0224. The third kappa shape index (κ3) is 3.19. The van der Waals surface area contributed by atoms with Crippen molar-refractivity contribution in [2.45, 2.75) is 0 Å². The highest BCUT2D eigenvalue weighted by atomic mass is 35.5. The van der Waals surface area contributed by atoms with Gasteiger partial charge in [-0.25, -0.2) is 4.39 Å². The summed E-state index contributed by atoms with van der Waals surface area (Å²) in [5.41, 5.74) is 1.24. The normalized spacial score (nSPS) is 14.0. The Bertz CT molecular complexity index is 823. The molecule has 0 radical (unpaired) electrons. The summed E-state index contributed by atoms with van der Waals surface area (Å²) in [6, 6.07) is 16.0. The molecule has 0 amide bonds. The van der Waals surface area contributed by atoms with Crippen LogP contribution < -0.4 is 10.2 Å². The maximum atomic E-state index is 14.1. The van der Waals surface area contributed by atoms with E-state index in [-0.39, 0.29) is 23.1 Å². The van der Waals surface area contributed by atoms with E-state index in [2.05, 4.69) is 5.32 Å². The average molecular weight is 342 g/mol. The lowest BCUT2D eigenvalue weighted by Gasteiger charge is -2.17. The summed E-state index contributed by atoms with van der Waals surface area (Å²) in [5, 5.41) is 12.7. The Labute approximate surface area is 144 Å². The largest absolute Gasteiger partial charge is 0.470 e. The lowest BCUT2D eigenvalue weighted by Crippen LogP contribution is -2.20. The quantitative estimate of drug-likeness (QED) is 0.880. The summed E-state index contributed by atoms with van der Waals surface area (Å²) in [4.78, 5) is 1.42. The lowest BCUT2D eigenvalue weighted by molar-refractivity contribution is 0.257. The van der Waals surface area contributed by atoms with Crippen LogP contribution in [0.4, 0.5) is 15.8 Å². The van der Waals surface area contributed by atoms with Crippen molar-refractivity contribution in [1.29, 1.82) is 5.26 Å². The fourth-order valence-corrected chi connectivity index (χ4v) is 2.58. The van der Waals surface area contributed by atoms with E-state index in [1.165, 1.54) is 17.0 Å². The first kappa shape index (κ1) is 15.9. The molecule has 2 aromatic rings. The van der Waals surface area contributed by atoms with Crippen LogP contribution in [0.3, 0.4) is 0 Å². The molecule has 1 aliphatic heterocycles. The molecule has 3 rings (SSSR count). The molecule has 0 unspecified atom stereocenters. The number of nitriles is 1. The smallest absolute Gasteiger partial charge is 0.166 e. The first-order valence-corrected chi connectivity index (χ1v) is 7.55. The monoisotopic (exact) mass is 341 g/mol. The number of hydrogen-bond acceptors (Lipinski definition) is 4. The molecule has 24 heavy (non-hydrogen) atoms. The van der Waals surface area contributed by atoms with E-state index in [0.29, 0.717) is 5.76 Å². The van der Waals surface area contributed by atoms with Crippen molar-refractivity contribution in [1.82, 2.24) is 0 Å². The maximum absolute atomic E-state index is 14.1. The third-order valence-corrected chi connectivity index (χ3v) is 3.73. The van der Waals surface area contributed by atoms with Crippen molar-refractivity contribution < 1.29 is 9.13 Å². The molecule has 0 bridgehead atoms. The molecule has 0 aliphatic carbocycles. The standard InChI is InChI=1S/C18H13ClFN3O/c19-14-7-4-8-15(20)18(14)23-12-24-17(16(23)11-21)9-10-22-13-5-2-1-3-6-13/h1-10,22H,12H2/b10-9+. The van der Waals surface area contributed by atoms with Crippen LogP contribution in [0.2, 0.25) is 5.02 Å². The van der Waals surface area contributed by atoms with E-state index in [0.717, 1.165) is 5.69 Å².